The summed E-state index contributed by atoms with van der Waals surface area (Å²) in [5, 5.41) is 12.7. The smallest absolute Gasteiger partial charge is 0.165 e. The topological polar surface area (TPSA) is 50.7 Å². The van der Waals surface area contributed by atoms with Gasteiger partial charge in [-0.25, -0.2) is 4.39 Å². The summed E-state index contributed by atoms with van der Waals surface area (Å²) in [5.41, 5.74) is 1.21. The first-order chi connectivity index (χ1) is 9.65. The fourth-order valence-electron chi connectivity index (χ4n) is 1.84. The number of phenolic OH excluding ortho intramolecular Hbond substituents is 1. The minimum Gasteiger partial charge on any atom is -0.505 e. The number of rotatable bonds is 5. The van der Waals surface area contributed by atoms with E-state index >= 15 is 0 Å². The molecule has 106 valence electrons. The number of methoxy groups -OCH3 is 2. The molecule has 0 bridgehead atoms. The van der Waals surface area contributed by atoms with Gasteiger partial charge in [0.1, 0.15) is 11.5 Å². The van der Waals surface area contributed by atoms with E-state index in [4.69, 9.17) is 9.47 Å². The second kappa shape index (κ2) is 6.14. The van der Waals surface area contributed by atoms with Crippen LogP contribution < -0.4 is 14.8 Å². The molecular formula is C15H16FNO3. The number of aromatic hydroxyl groups is 1. The van der Waals surface area contributed by atoms with Gasteiger partial charge >= 0.3 is 0 Å². The van der Waals surface area contributed by atoms with E-state index in [1.807, 2.05) is 0 Å². The van der Waals surface area contributed by atoms with E-state index in [9.17, 15) is 9.50 Å². The van der Waals surface area contributed by atoms with Gasteiger partial charge in [-0.05, 0) is 18.2 Å². The molecule has 0 aromatic heterocycles. The van der Waals surface area contributed by atoms with E-state index in [1.54, 1.807) is 44.6 Å². The molecule has 2 rings (SSSR count). The molecule has 0 aliphatic heterocycles. The Bertz CT molecular complexity index is 602. The van der Waals surface area contributed by atoms with Crippen LogP contribution in [0.25, 0.3) is 0 Å². The molecule has 5 heteroatoms. The molecule has 0 amide bonds. The van der Waals surface area contributed by atoms with Crippen molar-refractivity contribution in [3.05, 3.63) is 47.8 Å². The van der Waals surface area contributed by atoms with E-state index in [0.717, 1.165) is 5.69 Å². The Labute approximate surface area is 116 Å². The minimum atomic E-state index is -0.633. The standard InChI is InChI=1S/C15H16FNO3/c1-19-11-6-7-13(14(8-11)20-2)17-9-10-4-3-5-12(16)15(10)18/h3-8,17-18H,9H2,1-2H3. The molecule has 0 saturated carbocycles. The fraction of sp³-hybridized carbons (Fsp3) is 0.200. The summed E-state index contributed by atoms with van der Waals surface area (Å²) in [7, 11) is 3.13. The van der Waals surface area contributed by atoms with E-state index in [1.165, 1.54) is 6.07 Å². The molecule has 4 nitrogen and oxygen atoms in total. The van der Waals surface area contributed by atoms with Gasteiger partial charge in [-0.1, -0.05) is 12.1 Å². The molecule has 0 spiro atoms. The zero-order chi connectivity index (χ0) is 14.5. The van der Waals surface area contributed by atoms with Crippen LogP contribution in [0.5, 0.6) is 17.2 Å². The van der Waals surface area contributed by atoms with Crippen LogP contribution in [0, 0.1) is 5.82 Å². The lowest BCUT2D eigenvalue weighted by atomic mass is 10.2. The number of hydrogen-bond donors (Lipinski definition) is 2. The highest BCUT2D eigenvalue weighted by Gasteiger charge is 2.08. The molecule has 0 aliphatic rings. The summed E-state index contributed by atoms with van der Waals surface area (Å²) in [6.07, 6.45) is 0. The Balaban J connectivity index is 2.16. The van der Waals surface area contributed by atoms with Crippen molar-refractivity contribution in [2.75, 3.05) is 19.5 Å². The summed E-state index contributed by atoms with van der Waals surface area (Å²) in [5.74, 6) is 0.319. The Morgan fingerprint density at radius 2 is 1.95 bits per heavy atom. The number of para-hydroxylation sites is 1. The molecule has 0 aliphatic carbocycles. The van der Waals surface area contributed by atoms with Gasteiger partial charge in [-0.15, -0.1) is 0 Å². The predicted octanol–water partition coefficient (Wildman–Crippen LogP) is 3.16. The summed E-state index contributed by atoms with van der Waals surface area (Å²) in [6, 6.07) is 9.75. The molecular weight excluding hydrogens is 261 g/mol. The van der Waals surface area contributed by atoms with Gasteiger partial charge in [0, 0.05) is 18.2 Å². The number of phenols is 1. The third-order valence-electron chi connectivity index (χ3n) is 2.95. The van der Waals surface area contributed by atoms with E-state index in [-0.39, 0.29) is 12.3 Å². The number of ether oxygens (including phenoxy) is 2. The van der Waals surface area contributed by atoms with E-state index in [2.05, 4.69) is 5.32 Å². The zero-order valence-electron chi connectivity index (χ0n) is 11.3. The van der Waals surface area contributed by atoms with Crippen molar-refractivity contribution in [1.82, 2.24) is 0 Å². The van der Waals surface area contributed by atoms with Gasteiger partial charge in [0.25, 0.3) is 0 Å². The molecule has 2 N–H and O–H groups in total. The highest BCUT2D eigenvalue weighted by atomic mass is 19.1. The second-order valence-electron chi connectivity index (χ2n) is 4.17. The van der Waals surface area contributed by atoms with Crippen LogP contribution in [0.2, 0.25) is 0 Å². The largest absolute Gasteiger partial charge is 0.505 e. The summed E-state index contributed by atoms with van der Waals surface area (Å²) >= 11 is 0. The number of benzene rings is 2. The average molecular weight is 277 g/mol. The number of hydrogen-bond acceptors (Lipinski definition) is 4. The monoisotopic (exact) mass is 277 g/mol. The van der Waals surface area contributed by atoms with Gasteiger partial charge < -0.3 is 19.9 Å². The number of anilines is 1. The highest BCUT2D eigenvalue weighted by molar-refractivity contribution is 5.59. The molecule has 20 heavy (non-hydrogen) atoms. The van der Waals surface area contributed by atoms with Gasteiger partial charge in [-0.3, -0.25) is 0 Å². The zero-order valence-corrected chi connectivity index (χ0v) is 11.3. The van der Waals surface area contributed by atoms with Gasteiger partial charge in [0.2, 0.25) is 0 Å². The number of nitrogens with one attached hydrogen (secondary N) is 1. The van der Waals surface area contributed by atoms with E-state index < -0.39 is 5.82 Å². The van der Waals surface area contributed by atoms with Crippen molar-refractivity contribution in [3.63, 3.8) is 0 Å². The van der Waals surface area contributed by atoms with Crippen LogP contribution in [0.1, 0.15) is 5.56 Å². The van der Waals surface area contributed by atoms with Crippen LogP contribution in [0.4, 0.5) is 10.1 Å². The molecule has 0 radical (unpaired) electrons. The van der Waals surface area contributed by atoms with E-state index in [0.29, 0.717) is 17.1 Å². The summed E-state index contributed by atoms with van der Waals surface area (Å²) in [4.78, 5) is 0. The molecule has 2 aromatic carbocycles. The first kappa shape index (κ1) is 14.0. The lowest BCUT2D eigenvalue weighted by molar-refractivity contribution is 0.395. The Morgan fingerprint density at radius 1 is 1.15 bits per heavy atom. The van der Waals surface area contributed by atoms with Gasteiger partial charge in [0.05, 0.1) is 19.9 Å². The Hall–Kier alpha value is -2.43. The van der Waals surface area contributed by atoms with Crippen molar-refractivity contribution < 1.29 is 19.0 Å². The highest BCUT2D eigenvalue weighted by Crippen LogP contribution is 2.30. The van der Waals surface area contributed by atoms with Gasteiger partial charge in [0.15, 0.2) is 11.6 Å². The first-order valence-electron chi connectivity index (χ1n) is 6.08. The van der Waals surface area contributed by atoms with Crippen molar-refractivity contribution >= 4 is 5.69 Å². The minimum absolute atomic E-state index is 0.284. The molecule has 0 fully saturated rings. The first-order valence-corrected chi connectivity index (χ1v) is 6.08. The normalized spacial score (nSPS) is 10.2. The predicted molar refractivity (Wildman–Crippen MR) is 74.9 cm³/mol. The average Bonchev–Trinajstić information content (AvgIpc) is 2.48. The van der Waals surface area contributed by atoms with Crippen LogP contribution in [-0.4, -0.2) is 19.3 Å². The van der Waals surface area contributed by atoms with Crippen molar-refractivity contribution in [2.45, 2.75) is 6.54 Å². The third-order valence-corrected chi connectivity index (χ3v) is 2.95. The lowest BCUT2D eigenvalue weighted by Gasteiger charge is -2.13. The molecule has 0 unspecified atom stereocenters. The van der Waals surface area contributed by atoms with Crippen molar-refractivity contribution in [2.24, 2.45) is 0 Å². The summed E-state index contributed by atoms with van der Waals surface area (Å²) in [6.45, 7) is 0.284. The molecule has 0 saturated heterocycles. The maximum absolute atomic E-state index is 13.2. The van der Waals surface area contributed by atoms with Crippen molar-refractivity contribution in [1.29, 1.82) is 0 Å². The van der Waals surface area contributed by atoms with Gasteiger partial charge in [-0.2, -0.15) is 0 Å². The Kier molecular flexibility index (Phi) is 4.30. The Morgan fingerprint density at radius 3 is 2.65 bits per heavy atom. The SMILES string of the molecule is COc1ccc(NCc2cccc(F)c2O)c(OC)c1. The molecule has 2 aromatic rings. The molecule has 0 atom stereocenters. The summed E-state index contributed by atoms with van der Waals surface area (Å²) < 4.78 is 23.6. The molecule has 0 heterocycles. The third kappa shape index (κ3) is 2.93. The number of halogens is 1. The maximum Gasteiger partial charge on any atom is 0.165 e. The van der Waals surface area contributed by atoms with Crippen LogP contribution >= 0.6 is 0 Å². The second-order valence-corrected chi connectivity index (χ2v) is 4.17. The van der Waals surface area contributed by atoms with Crippen LogP contribution in [0.15, 0.2) is 36.4 Å². The van der Waals surface area contributed by atoms with Crippen LogP contribution in [-0.2, 0) is 6.54 Å². The quantitative estimate of drug-likeness (QED) is 0.881. The van der Waals surface area contributed by atoms with Crippen molar-refractivity contribution in [3.8, 4) is 17.2 Å². The van der Waals surface area contributed by atoms with Crippen LogP contribution in [0.3, 0.4) is 0 Å². The maximum atomic E-state index is 13.2. The fourth-order valence-corrected chi connectivity index (χ4v) is 1.84. The lowest BCUT2D eigenvalue weighted by Crippen LogP contribution is -2.02.